The number of methoxy groups -OCH3 is 2. The molecule has 128 valence electrons. The summed E-state index contributed by atoms with van der Waals surface area (Å²) in [4.78, 5) is 11.8. The van der Waals surface area contributed by atoms with Crippen LogP contribution in [0.5, 0.6) is 11.5 Å². The molecule has 6 nitrogen and oxygen atoms in total. The molecular formula is C17H19FN2O4. The first-order valence-electron chi connectivity index (χ1n) is 7.24. The van der Waals surface area contributed by atoms with Gasteiger partial charge >= 0.3 is 6.03 Å². The molecule has 0 bridgehead atoms. The lowest BCUT2D eigenvalue weighted by Crippen LogP contribution is -2.32. The summed E-state index contributed by atoms with van der Waals surface area (Å²) < 4.78 is 23.1. The second kappa shape index (κ2) is 8.16. The molecule has 2 amide bonds. The number of anilines is 1. The molecule has 0 saturated heterocycles. The third-order valence-corrected chi connectivity index (χ3v) is 3.35. The van der Waals surface area contributed by atoms with Gasteiger partial charge in [0.2, 0.25) is 0 Å². The maximum absolute atomic E-state index is 12.8. The van der Waals surface area contributed by atoms with Crippen LogP contribution in [0.4, 0.5) is 14.9 Å². The van der Waals surface area contributed by atoms with Crippen molar-refractivity contribution in [1.82, 2.24) is 5.32 Å². The molecule has 1 unspecified atom stereocenters. The number of nitrogens with one attached hydrogen (secondary N) is 2. The van der Waals surface area contributed by atoms with Crippen molar-refractivity contribution in [3.05, 3.63) is 53.8 Å². The molecule has 0 aliphatic rings. The van der Waals surface area contributed by atoms with Gasteiger partial charge in [-0.25, -0.2) is 9.18 Å². The molecule has 0 aliphatic carbocycles. The number of carbonyl (C=O) groups is 1. The van der Waals surface area contributed by atoms with Crippen LogP contribution in [0.1, 0.15) is 11.7 Å². The number of aliphatic hydroxyl groups is 1. The van der Waals surface area contributed by atoms with E-state index in [2.05, 4.69) is 10.6 Å². The highest BCUT2D eigenvalue weighted by Crippen LogP contribution is 2.29. The van der Waals surface area contributed by atoms with E-state index in [1.807, 2.05) is 0 Å². The van der Waals surface area contributed by atoms with Crippen molar-refractivity contribution in [2.24, 2.45) is 0 Å². The second-order valence-corrected chi connectivity index (χ2v) is 4.97. The van der Waals surface area contributed by atoms with E-state index in [0.717, 1.165) is 0 Å². The lowest BCUT2D eigenvalue weighted by molar-refractivity contribution is 0.174. The Morgan fingerprint density at radius 1 is 1.12 bits per heavy atom. The fraction of sp³-hybridized carbons (Fsp3) is 0.235. The highest BCUT2D eigenvalue weighted by atomic mass is 19.1. The molecule has 3 N–H and O–H groups in total. The van der Waals surface area contributed by atoms with Gasteiger partial charge in [0.1, 0.15) is 5.82 Å². The Hall–Kier alpha value is -2.80. The Morgan fingerprint density at radius 3 is 2.42 bits per heavy atom. The zero-order valence-electron chi connectivity index (χ0n) is 13.4. The lowest BCUT2D eigenvalue weighted by atomic mass is 10.1. The Kier molecular flexibility index (Phi) is 5.97. The average molecular weight is 334 g/mol. The van der Waals surface area contributed by atoms with E-state index in [9.17, 15) is 14.3 Å². The highest BCUT2D eigenvalue weighted by molar-refractivity contribution is 5.89. The Balaban J connectivity index is 1.91. The number of hydrogen-bond acceptors (Lipinski definition) is 4. The monoisotopic (exact) mass is 334 g/mol. The van der Waals surface area contributed by atoms with Crippen LogP contribution >= 0.6 is 0 Å². The van der Waals surface area contributed by atoms with Crippen molar-refractivity contribution in [3.8, 4) is 11.5 Å². The fourth-order valence-corrected chi connectivity index (χ4v) is 2.08. The number of urea groups is 1. The maximum atomic E-state index is 12.8. The van der Waals surface area contributed by atoms with E-state index in [4.69, 9.17) is 9.47 Å². The van der Waals surface area contributed by atoms with Crippen molar-refractivity contribution >= 4 is 11.7 Å². The van der Waals surface area contributed by atoms with Crippen LogP contribution in [0.25, 0.3) is 0 Å². The van der Waals surface area contributed by atoms with Gasteiger partial charge in [0.25, 0.3) is 0 Å². The standard InChI is InChI=1S/C17H19FN2O4/c1-23-15-8-3-11(9-16(15)24-2)14(21)10-19-17(22)20-13-6-4-12(18)5-7-13/h3-9,14,21H,10H2,1-2H3,(H2,19,20,22). The number of aliphatic hydroxyl groups excluding tert-OH is 1. The van der Waals surface area contributed by atoms with E-state index in [-0.39, 0.29) is 12.4 Å². The van der Waals surface area contributed by atoms with Gasteiger partial charge in [0.15, 0.2) is 11.5 Å². The minimum absolute atomic E-state index is 0.00249. The fourth-order valence-electron chi connectivity index (χ4n) is 2.08. The summed E-state index contributed by atoms with van der Waals surface area (Å²) in [6, 6.07) is 9.88. The molecule has 24 heavy (non-hydrogen) atoms. The van der Waals surface area contributed by atoms with Gasteiger partial charge in [-0.2, -0.15) is 0 Å². The van der Waals surface area contributed by atoms with Crippen LogP contribution in [-0.2, 0) is 0 Å². The SMILES string of the molecule is COc1ccc(C(O)CNC(=O)Nc2ccc(F)cc2)cc1OC. The molecule has 0 spiro atoms. The van der Waals surface area contributed by atoms with Crippen molar-refractivity contribution in [2.75, 3.05) is 26.1 Å². The number of hydrogen-bond donors (Lipinski definition) is 3. The number of rotatable bonds is 6. The van der Waals surface area contributed by atoms with E-state index in [1.54, 1.807) is 18.2 Å². The largest absolute Gasteiger partial charge is 0.493 e. The van der Waals surface area contributed by atoms with Crippen molar-refractivity contribution in [1.29, 1.82) is 0 Å². The molecule has 0 saturated carbocycles. The first-order chi connectivity index (χ1) is 11.5. The number of halogens is 1. The summed E-state index contributed by atoms with van der Waals surface area (Å²) >= 11 is 0. The van der Waals surface area contributed by atoms with E-state index < -0.39 is 12.1 Å². The van der Waals surface area contributed by atoms with Gasteiger partial charge in [-0.15, -0.1) is 0 Å². The maximum Gasteiger partial charge on any atom is 0.319 e. The van der Waals surface area contributed by atoms with Crippen LogP contribution in [0.2, 0.25) is 0 Å². The zero-order chi connectivity index (χ0) is 17.5. The lowest BCUT2D eigenvalue weighted by Gasteiger charge is -2.15. The van der Waals surface area contributed by atoms with Crippen LogP contribution in [0.3, 0.4) is 0 Å². The summed E-state index contributed by atoms with van der Waals surface area (Å²) in [7, 11) is 3.03. The van der Waals surface area contributed by atoms with Gasteiger partial charge < -0.3 is 25.2 Å². The summed E-state index contributed by atoms with van der Waals surface area (Å²) in [5.41, 5.74) is 1.03. The van der Waals surface area contributed by atoms with Crippen LogP contribution in [-0.4, -0.2) is 31.9 Å². The van der Waals surface area contributed by atoms with Crippen molar-refractivity contribution in [2.45, 2.75) is 6.10 Å². The summed E-state index contributed by atoms with van der Waals surface area (Å²) in [6.45, 7) is 0.00249. The van der Waals surface area contributed by atoms with E-state index in [1.165, 1.54) is 38.5 Å². The summed E-state index contributed by atoms with van der Waals surface area (Å²) in [5, 5.41) is 15.3. The third kappa shape index (κ3) is 4.60. The molecule has 2 aromatic carbocycles. The smallest absolute Gasteiger partial charge is 0.319 e. The molecule has 0 fully saturated rings. The number of ether oxygens (including phenoxy) is 2. The van der Waals surface area contributed by atoms with Gasteiger partial charge in [-0.3, -0.25) is 0 Å². The second-order valence-electron chi connectivity index (χ2n) is 4.97. The molecule has 2 aromatic rings. The third-order valence-electron chi connectivity index (χ3n) is 3.35. The highest BCUT2D eigenvalue weighted by Gasteiger charge is 2.13. The van der Waals surface area contributed by atoms with Crippen LogP contribution in [0.15, 0.2) is 42.5 Å². The Bertz CT molecular complexity index is 691. The predicted molar refractivity (Wildman–Crippen MR) is 87.9 cm³/mol. The molecule has 7 heteroatoms. The Morgan fingerprint density at radius 2 is 1.79 bits per heavy atom. The zero-order valence-corrected chi connectivity index (χ0v) is 13.4. The van der Waals surface area contributed by atoms with Crippen molar-refractivity contribution < 1.29 is 23.8 Å². The summed E-state index contributed by atoms with van der Waals surface area (Å²) in [5.74, 6) is 0.658. The average Bonchev–Trinajstić information content (AvgIpc) is 2.61. The quantitative estimate of drug-likeness (QED) is 0.759. The Labute approximate surface area is 139 Å². The van der Waals surface area contributed by atoms with E-state index in [0.29, 0.717) is 22.7 Å². The summed E-state index contributed by atoms with van der Waals surface area (Å²) in [6.07, 6.45) is -0.913. The van der Waals surface area contributed by atoms with Gasteiger partial charge in [-0.1, -0.05) is 6.07 Å². The molecular weight excluding hydrogens is 315 g/mol. The molecule has 0 radical (unpaired) electrons. The first-order valence-corrected chi connectivity index (χ1v) is 7.24. The van der Waals surface area contributed by atoms with E-state index >= 15 is 0 Å². The van der Waals surface area contributed by atoms with Gasteiger partial charge in [0, 0.05) is 12.2 Å². The minimum atomic E-state index is -0.913. The van der Waals surface area contributed by atoms with Crippen molar-refractivity contribution in [3.63, 3.8) is 0 Å². The normalized spacial score (nSPS) is 11.5. The predicted octanol–water partition coefficient (Wildman–Crippen LogP) is 2.70. The van der Waals surface area contributed by atoms with Crippen LogP contribution in [0, 0.1) is 5.82 Å². The van der Waals surface area contributed by atoms with Gasteiger partial charge in [-0.05, 0) is 42.0 Å². The molecule has 2 rings (SSSR count). The molecule has 0 aliphatic heterocycles. The van der Waals surface area contributed by atoms with Crippen LogP contribution < -0.4 is 20.1 Å². The van der Waals surface area contributed by atoms with Gasteiger partial charge in [0.05, 0.1) is 20.3 Å². The number of amides is 2. The number of benzene rings is 2. The first kappa shape index (κ1) is 17.6. The molecule has 0 aromatic heterocycles. The molecule has 1 atom stereocenters. The minimum Gasteiger partial charge on any atom is -0.493 e. The topological polar surface area (TPSA) is 79.8 Å². The molecule has 0 heterocycles. The number of carbonyl (C=O) groups excluding carboxylic acids is 1.